The minimum absolute atomic E-state index is 0.0775. The number of hydrogen-bond donors (Lipinski definition) is 2. The smallest absolute Gasteiger partial charge is 0.345 e. The van der Waals surface area contributed by atoms with Gasteiger partial charge in [-0.2, -0.15) is 0 Å². The van der Waals surface area contributed by atoms with Crippen LogP contribution in [0.5, 0.6) is 0 Å². The second-order valence-electron chi connectivity index (χ2n) is 2.11. The molecule has 1 fully saturated rings. The number of aliphatic carboxylic acids is 1. The van der Waals surface area contributed by atoms with E-state index in [0.29, 0.717) is 0 Å². The van der Waals surface area contributed by atoms with E-state index in [2.05, 4.69) is 4.74 Å². The average molecular weight is 145 g/mol. The van der Waals surface area contributed by atoms with E-state index in [4.69, 9.17) is 10.8 Å². The molecule has 1 rings (SSSR count). The van der Waals surface area contributed by atoms with Gasteiger partial charge in [0.05, 0.1) is 0 Å². The van der Waals surface area contributed by atoms with Crippen LogP contribution in [0, 0.1) is 0 Å². The van der Waals surface area contributed by atoms with Crippen molar-refractivity contribution in [3.05, 3.63) is 0 Å². The quantitative estimate of drug-likeness (QED) is 0.448. The van der Waals surface area contributed by atoms with Crippen LogP contribution in [0.1, 0.15) is 6.42 Å². The molecule has 5 nitrogen and oxygen atoms in total. The van der Waals surface area contributed by atoms with Gasteiger partial charge in [-0.3, -0.25) is 4.79 Å². The van der Waals surface area contributed by atoms with Crippen molar-refractivity contribution in [1.29, 1.82) is 0 Å². The molecule has 0 aliphatic carbocycles. The van der Waals surface area contributed by atoms with E-state index < -0.39 is 24.1 Å². The molecular formula is C5H7NO4. The molecule has 0 spiro atoms. The molecule has 0 aromatic rings. The molecule has 1 heterocycles. The molecule has 0 radical (unpaired) electrons. The normalized spacial score (nSPS) is 31.9. The number of hydrogen-bond acceptors (Lipinski definition) is 4. The molecule has 1 saturated heterocycles. The highest BCUT2D eigenvalue weighted by Crippen LogP contribution is 2.12. The van der Waals surface area contributed by atoms with E-state index in [9.17, 15) is 9.59 Å². The minimum atomic E-state index is -1.14. The van der Waals surface area contributed by atoms with Crippen molar-refractivity contribution >= 4 is 11.9 Å². The van der Waals surface area contributed by atoms with E-state index in [0.717, 1.165) is 0 Å². The zero-order valence-electron chi connectivity index (χ0n) is 5.11. The van der Waals surface area contributed by atoms with Crippen LogP contribution in [0.2, 0.25) is 0 Å². The Kier molecular flexibility index (Phi) is 1.58. The molecule has 0 unspecified atom stereocenters. The van der Waals surface area contributed by atoms with Crippen LogP contribution >= 0.6 is 0 Å². The molecule has 1 aliphatic rings. The molecule has 10 heavy (non-hydrogen) atoms. The van der Waals surface area contributed by atoms with Crippen molar-refractivity contribution in [3.63, 3.8) is 0 Å². The van der Waals surface area contributed by atoms with Crippen molar-refractivity contribution in [2.75, 3.05) is 0 Å². The molecule has 2 atom stereocenters. The molecule has 5 heteroatoms. The summed E-state index contributed by atoms with van der Waals surface area (Å²) in [5.74, 6) is -1.77. The van der Waals surface area contributed by atoms with Crippen LogP contribution in [0.15, 0.2) is 0 Å². The number of carboxylic acids is 1. The average Bonchev–Trinajstić information content (AvgIpc) is 2.13. The predicted molar refractivity (Wildman–Crippen MR) is 30.1 cm³/mol. The van der Waals surface area contributed by atoms with Crippen LogP contribution in [-0.2, 0) is 14.3 Å². The largest absolute Gasteiger partial charge is 0.479 e. The topological polar surface area (TPSA) is 89.6 Å². The van der Waals surface area contributed by atoms with Gasteiger partial charge in [0.2, 0.25) is 6.10 Å². The van der Waals surface area contributed by atoms with Gasteiger partial charge in [-0.05, 0) is 0 Å². The summed E-state index contributed by atoms with van der Waals surface area (Å²) in [7, 11) is 0. The summed E-state index contributed by atoms with van der Waals surface area (Å²) in [6, 6.07) is -0.763. The highest BCUT2D eigenvalue weighted by Gasteiger charge is 2.35. The molecule has 0 amide bonds. The molecular weight excluding hydrogens is 138 g/mol. The first-order valence-electron chi connectivity index (χ1n) is 2.80. The zero-order chi connectivity index (χ0) is 7.72. The van der Waals surface area contributed by atoms with Gasteiger partial charge in [0.25, 0.3) is 0 Å². The molecule has 0 aromatic carbocycles. The second-order valence-corrected chi connectivity index (χ2v) is 2.11. The van der Waals surface area contributed by atoms with Crippen LogP contribution in [0.3, 0.4) is 0 Å². The third-order valence-corrected chi connectivity index (χ3v) is 1.30. The predicted octanol–water partition coefficient (Wildman–Crippen LogP) is -1.29. The third-order valence-electron chi connectivity index (χ3n) is 1.30. The number of carbonyl (C=O) groups excluding carboxylic acids is 1. The lowest BCUT2D eigenvalue weighted by atomic mass is 10.2. The second kappa shape index (κ2) is 2.26. The van der Waals surface area contributed by atoms with Gasteiger partial charge in [0, 0.05) is 6.42 Å². The number of nitrogens with two attached hydrogens (primary N) is 1. The fraction of sp³-hybridized carbons (Fsp3) is 0.600. The number of carboxylic acid groups (broad SMARTS) is 1. The monoisotopic (exact) mass is 145 g/mol. The number of carbonyl (C=O) groups is 2. The minimum Gasteiger partial charge on any atom is -0.479 e. The molecule has 0 saturated carbocycles. The van der Waals surface area contributed by atoms with Crippen molar-refractivity contribution in [2.45, 2.75) is 18.6 Å². The molecule has 0 aromatic heterocycles. The fourth-order valence-corrected chi connectivity index (χ4v) is 0.754. The maximum atomic E-state index is 10.5. The van der Waals surface area contributed by atoms with Crippen molar-refractivity contribution < 1.29 is 19.4 Å². The SMILES string of the molecule is N[C@H]1C[C@@H](C(=O)O)OC1=O. The van der Waals surface area contributed by atoms with Gasteiger partial charge >= 0.3 is 11.9 Å². The van der Waals surface area contributed by atoms with Gasteiger partial charge in [0.15, 0.2) is 0 Å². The number of esters is 1. The standard InChI is InChI=1S/C5H7NO4/c6-2-1-3(4(7)8)10-5(2)9/h2-3H,1,6H2,(H,7,8)/t2-,3-/m0/s1. The van der Waals surface area contributed by atoms with Gasteiger partial charge in [-0.1, -0.05) is 0 Å². The summed E-state index contributed by atoms with van der Waals surface area (Å²) in [6.07, 6.45) is -0.962. The van der Waals surface area contributed by atoms with Crippen LogP contribution in [0.4, 0.5) is 0 Å². The van der Waals surface area contributed by atoms with Crippen LogP contribution < -0.4 is 5.73 Å². The lowest BCUT2D eigenvalue weighted by Crippen LogP contribution is -2.24. The van der Waals surface area contributed by atoms with Crippen molar-refractivity contribution in [1.82, 2.24) is 0 Å². The lowest BCUT2D eigenvalue weighted by Gasteiger charge is -1.98. The Morgan fingerprint density at radius 2 is 2.40 bits per heavy atom. The van der Waals surface area contributed by atoms with Gasteiger partial charge in [-0.15, -0.1) is 0 Å². The van der Waals surface area contributed by atoms with E-state index in [1.165, 1.54) is 0 Å². The summed E-state index contributed by atoms with van der Waals surface area (Å²) in [5, 5.41) is 8.32. The first-order valence-corrected chi connectivity index (χ1v) is 2.80. The van der Waals surface area contributed by atoms with Crippen molar-refractivity contribution in [2.24, 2.45) is 5.73 Å². The Labute approximate surface area is 56.8 Å². The van der Waals surface area contributed by atoms with Crippen molar-refractivity contribution in [3.8, 4) is 0 Å². The Balaban J connectivity index is 2.57. The lowest BCUT2D eigenvalue weighted by molar-refractivity contribution is -0.157. The third kappa shape index (κ3) is 1.08. The molecule has 1 aliphatic heterocycles. The summed E-state index contributed by atoms with van der Waals surface area (Å²) >= 11 is 0. The Bertz CT molecular complexity index is 178. The van der Waals surface area contributed by atoms with Crippen LogP contribution in [0.25, 0.3) is 0 Å². The molecule has 0 bridgehead atoms. The summed E-state index contributed by atoms with van der Waals surface area (Å²) in [4.78, 5) is 20.6. The number of ether oxygens (including phenoxy) is 1. The van der Waals surface area contributed by atoms with Gasteiger partial charge < -0.3 is 15.6 Å². The molecule has 3 N–H and O–H groups in total. The van der Waals surface area contributed by atoms with Crippen LogP contribution in [-0.4, -0.2) is 29.2 Å². The summed E-state index contributed by atoms with van der Waals surface area (Å²) in [6.45, 7) is 0. The summed E-state index contributed by atoms with van der Waals surface area (Å²) in [5.41, 5.74) is 5.17. The highest BCUT2D eigenvalue weighted by atomic mass is 16.6. The fourth-order valence-electron chi connectivity index (χ4n) is 0.754. The molecule has 56 valence electrons. The Morgan fingerprint density at radius 1 is 1.80 bits per heavy atom. The zero-order valence-corrected chi connectivity index (χ0v) is 5.11. The Hall–Kier alpha value is -1.10. The first kappa shape index (κ1) is 7.01. The van der Waals surface area contributed by atoms with E-state index in [1.807, 2.05) is 0 Å². The van der Waals surface area contributed by atoms with E-state index in [-0.39, 0.29) is 6.42 Å². The maximum Gasteiger partial charge on any atom is 0.345 e. The maximum absolute atomic E-state index is 10.5. The Morgan fingerprint density at radius 3 is 2.60 bits per heavy atom. The number of cyclic esters (lactones) is 1. The van der Waals surface area contributed by atoms with Gasteiger partial charge in [0.1, 0.15) is 6.04 Å². The highest BCUT2D eigenvalue weighted by molar-refractivity contribution is 5.85. The number of rotatable bonds is 1. The summed E-state index contributed by atoms with van der Waals surface area (Å²) < 4.78 is 4.37. The van der Waals surface area contributed by atoms with E-state index in [1.54, 1.807) is 0 Å². The van der Waals surface area contributed by atoms with E-state index >= 15 is 0 Å². The van der Waals surface area contributed by atoms with Gasteiger partial charge in [-0.25, -0.2) is 4.79 Å². The first-order chi connectivity index (χ1) is 4.61.